The third-order valence-electron chi connectivity index (χ3n) is 4.71. The van der Waals surface area contributed by atoms with Crippen molar-refractivity contribution in [3.63, 3.8) is 0 Å². The van der Waals surface area contributed by atoms with Crippen molar-refractivity contribution in [2.24, 2.45) is 0 Å². The zero-order valence-corrected chi connectivity index (χ0v) is 13.5. The summed E-state index contributed by atoms with van der Waals surface area (Å²) in [6, 6.07) is 21.5. The minimum absolute atomic E-state index is 0.323. The van der Waals surface area contributed by atoms with Crippen LogP contribution in [0.25, 0.3) is 22.6 Å². The van der Waals surface area contributed by atoms with Crippen LogP contribution in [0.4, 0.5) is 5.69 Å². The molecule has 2 nitrogen and oxygen atoms in total. The molecule has 0 radical (unpaired) electrons. The number of benzene rings is 2. The highest BCUT2D eigenvalue weighted by atomic mass is 15.2. The van der Waals surface area contributed by atoms with Crippen LogP contribution >= 0.6 is 0 Å². The third kappa shape index (κ3) is 2.31. The molecular weight excluding hydrogens is 280 g/mol. The quantitative estimate of drug-likeness (QED) is 0.662. The number of nitrogens with zero attached hydrogens (tertiary/aromatic N) is 2. The van der Waals surface area contributed by atoms with Crippen molar-refractivity contribution in [3.8, 4) is 0 Å². The standard InChI is InChI=1S/C21H20N2/c1-3-23-15(2)18(14-17-9-5-7-11-21(17)23)20-13-12-16-8-4-6-10-19(16)22-20/h4-15H,3H2,1-2H3. The van der Waals surface area contributed by atoms with Gasteiger partial charge in [-0.15, -0.1) is 0 Å². The molecule has 4 rings (SSSR count). The molecule has 1 unspecified atom stereocenters. The van der Waals surface area contributed by atoms with E-state index < -0.39 is 0 Å². The first-order valence-corrected chi connectivity index (χ1v) is 8.21. The maximum atomic E-state index is 4.90. The van der Waals surface area contributed by atoms with Crippen molar-refractivity contribution in [2.75, 3.05) is 11.4 Å². The minimum atomic E-state index is 0.323. The van der Waals surface area contributed by atoms with Gasteiger partial charge in [-0.1, -0.05) is 42.5 Å². The number of likely N-dealkylation sites (N-methyl/N-ethyl adjacent to an activating group) is 1. The van der Waals surface area contributed by atoms with Gasteiger partial charge in [0.1, 0.15) is 0 Å². The Hall–Kier alpha value is -2.61. The molecule has 0 amide bonds. The van der Waals surface area contributed by atoms with E-state index in [9.17, 15) is 0 Å². The highest BCUT2D eigenvalue weighted by Gasteiger charge is 2.25. The monoisotopic (exact) mass is 300 g/mol. The number of para-hydroxylation sites is 2. The Balaban J connectivity index is 1.88. The van der Waals surface area contributed by atoms with Crippen LogP contribution in [0.3, 0.4) is 0 Å². The number of rotatable bonds is 2. The lowest BCUT2D eigenvalue weighted by Gasteiger charge is -2.36. The van der Waals surface area contributed by atoms with Crippen molar-refractivity contribution >= 4 is 28.2 Å². The fourth-order valence-electron chi connectivity index (χ4n) is 3.49. The summed E-state index contributed by atoms with van der Waals surface area (Å²) in [4.78, 5) is 7.34. The van der Waals surface area contributed by atoms with Crippen LogP contribution < -0.4 is 4.90 Å². The molecule has 1 aliphatic heterocycles. The van der Waals surface area contributed by atoms with Gasteiger partial charge in [-0.05, 0) is 43.7 Å². The second-order valence-electron chi connectivity index (χ2n) is 6.01. The van der Waals surface area contributed by atoms with Gasteiger partial charge in [-0.25, -0.2) is 4.98 Å². The zero-order chi connectivity index (χ0) is 15.8. The number of hydrogen-bond acceptors (Lipinski definition) is 2. The first kappa shape index (κ1) is 14.0. The minimum Gasteiger partial charge on any atom is -0.364 e. The SMILES string of the molecule is CCN1c2ccccc2C=C(c2ccc3ccccc3n2)C1C. The molecule has 1 aliphatic rings. The van der Waals surface area contributed by atoms with Gasteiger partial charge in [-0.3, -0.25) is 0 Å². The fraction of sp³-hybridized carbons (Fsp3) is 0.190. The number of aromatic nitrogens is 1. The summed E-state index contributed by atoms with van der Waals surface area (Å²) < 4.78 is 0. The summed E-state index contributed by atoms with van der Waals surface area (Å²) in [5.41, 5.74) is 6.00. The van der Waals surface area contributed by atoms with Crippen LogP contribution in [0.1, 0.15) is 25.1 Å². The summed E-state index contributed by atoms with van der Waals surface area (Å²) in [5, 5.41) is 1.19. The molecule has 1 aromatic heterocycles. The fourth-order valence-corrected chi connectivity index (χ4v) is 3.49. The van der Waals surface area contributed by atoms with E-state index in [1.54, 1.807) is 0 Å². The van der Waals surface area contributed by atoms with Gasteiger partial charge in [0.15, 0.2) is 0 Å². The average Bonchev–Trinajstić information content (AvgIpc) is 2.61. The topological polar surface area (TPSA) is 16.1 Å². The van der Waals surface area contributed by atoms with Crippen LogP contribution in [-0.4, -0.2) is 17.6 Å². The number of hydrogen-bond donors (Lipinski definition) is 0. The van der Waals surface area contributed by atoms with E-state index in [0.29, 0.717) is 6.04 Å². The second-order valence-corrected chi connectivity index (χ2v) is 6.01. The highest BCUT2D eigenvalue weighted by molar-refractivity contribution is 5.93. The van der Waals surface area contributed by atoms with E-state index in [0.717, 1.165) is 17.8 Å². The molecule has 0 aliphatic carbocycles. The van der Waals surface area contributed by atoms with E-state index >= 15 is 0 Å². The van der Waals surface area contributed by atoms with Gasteiger partial charge in [-0.2, -0.15) is 0 Å². The smallest absolute Gasteiger partial charge is 0.0709 e. The molecule has 2 heteroatoms. The number of fused-ring (bicyclic) bond motifs is 2. The molecule has 0 fully saturated rings. The Morgan fingerprint density at radius 2 is 1.74 bits per heavy atom. The maximum Gasteiger partial charge on any atom is 0.0709 e. The van der Waals surface area contributed by atoms with Gasteiger partial charge in [0.25, 0.3) is 0 Å². The summed E-state index contributed by atoms with van der Waals surface area (Å²) in [7, 11) is 0. The van der Waals surface area contributed by atoms with E-state index in [4.69, 9.17) is 4.98 Å². The molecule has 114 valence electrons. The van der Waals surface area contributed by atoms with E-state index in [1.807, 2.05) is 6.07 Å². The number of pyridine rings is 1. The van der Waals surface area contributed by atoms with Crippen molar-refractivity contribution in [1.29, 1.82) is 0 Å². The van der Waals surface area contributed by atoms with E-state index in [1.165, 1.54) is 22.2 Å². The Bertz CT molecular complexity index is 895. The third-order valence-corrected chi connectivity index (χ3v) is 4.71. The molecule has 0 spiro atoms. The Kier molecular flexibility index (Phi) is 3.38. The van der Waals surface area contributed by atoms with Crippen molar-refractivity contribution in [1.82, 2.24) is 4.98 Å². The Morgan fingerprint density at radius 1 is 0.957 bits per heavy atom. The lowest BCUT2D eigenvalue weighted by Crippen LogP contribution is -2.36. The van der Waals surface area contributed by atoms with Crippen LogP contribution in [0.5, 0.6) is 0 Å². The van der Waals surface area contributed by atoms with Gasteiger partial charge < -0.3 is 4.90 Å². The zero-order valence-electron chi connectivity index (χ0n) is 13.5. The van der Waals surface area contributed by atoms with Crippen LogP contribution in [0.15, 0.2) is 60.7 Å². The normalized spacial score (nSPS) is 17.0. The predicted molar refractivity (Wildman–Crippen MR) is 98.5 cm³/mol. The molecule has 2 aromatic carbocycles. The Morgan fingerprint density at radius 3 is 2.61 bits per heavy atom. The van der Waals surface area contributed by atoms with Crippen LogP contribution in [0, 0.1) is 0 Å². The molecular formula is C21H20N2. The average molecular weight is 300 g/mol. The summed E-state index contributed by atoms with van der Waals surface area (Å²) in [6.45, 7) is 5.47. The molecule has 2 heterocycles. The number of anilines is 1. The van der Waals surface area contributed by atoms with Crippen LogP contribution in [-0.2, 0) is 0 Å². The van der Waals surface area contributed by atoms with E-state index in [2.05, 4.69) is 79.4 Å². The second kappa shape index (κ2) is 5.54. The van der Waals surface area contributed by atoms with Crippen LogP contribution in [0.2, 0.25) is 0 Å². The van der Waals surface area contributed by atoms with Gasteiger partial charge in [0.2, 0.25) is 0 Å². The molecule has 0 saturated heterocycles. The molecule has 1 atom stereocenters. The first-order valence-electron chi connectivity index (χ1n) is 8.21. The van der Waals surface area contributed by atoms with Crippen molar-refractivity contribution in [3.05, 3.63) is 71.9 Å². The van der Waals surface area contributed by atoms with E-state index in [-0.39, 0.29) is 0 Å². The molecule has 0 saturated carbocycles. The first-order chi connectivity index (χ1) is 11.3. The summed E-state index contributed by atoms with van der Waals surface area (Å²) >= 11 is 0. The predicted octanol–water partition coefficient (Wildman–Crippen LogP) is 5.00. The van der Waals surface area contributed by atoms with Gasteiger partial charge in [0, 0.05) is 23.2 Å². The lowest BCUT2D eigenvalue weighted by molar-refractivity contribution is 0.764. The molecule has 0 N–H and O–H groups in total. The highest BCUT2D eigenvalue weighted by Crippen LogP contribution is 2.36. The molecule has 3 aromatic rings. The summed E-state index contributed by atoms with van der Waals surface area (Å²) in [6.07, 6.45) is 2.29. The maximum absolute atomic E-state index is 4.90. The molecule has 0 bridgehead atoms. The Labute approximate surface area is 137 Å². The van der Waals surface area contributed by atoms with Gasteiger partial charge in [0.05, 0.1) is 17.3 Å². The lowest BCUT2D eigenvalue weighted by atomic mass is 9.93. The summed E-state index contributed by atoms with van der Waals surface area (Å²) in [5.74, 6) is 0. The largest absolute Gasteiger partial charge is 0.364 e. The van der Waals surface area contributed by atoms with Crippen molar-refractivity contribution in [2.45, 2.75) is 19.9 Å². The van der Waals surface area contributed by atoms with Crippen molar-refractivity contribution < 1.29 is 0 Å². The van der Waals surface area contributed by atoms with Gasteiger partial charge >= 0.3 is 0 Å². The molecule has 23 heavy (non-hydrogen) atoms.